The maximum atomic E-state index is 10.00. The summed E-state index contributed by atoms with van der Waals surface area (Å²) in [5, 5.41) is 10.00. The minimum absolute atomic E-state index is 0.176. The van der Waals surface area contributed by atoms with Crippen molar-refractivity contribution in [3.63, 3.8) is 0 Å². The molecule has 2 aliphatic heterocycles. The molecule has 3 rings (SSSR count). The Morgan fingerprint density at radius 1 is 1.06 bits per heavy atom. The van der Waals surface area contributed by atoms with Gasteiger partial charge in [0.2, 0.25) is 0 Å². The Labute approximate surface area is 110 Å². The molecule has 0 aromatic carbocycles. The van der Waals surface area contributed by atoms with E-state index in [2.05, 4.69) is 0 Å². The van der Waals surface area contributed by atoms with E-state index in [1.165, 1.54) is 44.9 Å². The molecule has 0 amide bonds. The molecule has 3 aliphatic rings. The molecule has 18 heavy (non-hydrogen) atoms. The molecule has 3 nitrogen and oxygen atoms in total. The fraction of sp³-hybridized carbons (Fsp3) is 1.00. The lowest BCUT2D eigenvalue weighted by molar-refractivity contribution is -0.0938. The van der Waals surface area contributed by atoms with Crippen LogP contribution in [0.1, 0.15) is 57.8 Å². The average Bonchev–Trinajstić information content (AvgIpc) is 2.76. The smallest absolute Gasteiger partial charge is 0.0687 e. The molecule has 3 fully saturated rings. The van der Waals surface area contributed by atoms with Crippen molar-refractivity contribution in [3.8, 4) is 0 Å². The Kier molecular flexibility index (Phi) is 3.92. The fourth-order valence-corrected chi connectivity index (χ4v) is 3.97. The highest BCUT2D eigenvalue weighted by atomic mass is 16.5. The van der Waals surface area contributed by atoms with Crippen LogP contribution in [0.5, 0.6) is 0 Å². The summed E-state index contributed by atoms with van der Waals surface area (Å²) in [6.07, 6.45) is 11.0. The second-order valence-corrected chi connectivity index (χ2v) is 6.45. The topological polar surface area (TPSA) is 38.7 Å². The maximum Gasteiger partial charge on any atom is 0.0687 e. The number of aliphatic hydroxyl groups excluding tert-OH is 1. The third kappa shape index (κ3) is 2.73. The van der Waals surface area contributed by atoms with Crippen molar-refractivity contribution in [2.75, 3.05) is 13.2 Å². The Morgan fingerprint density at radius 3 is 2.67 bits per heavy atom. The van der Waals surface area contributed by atoms with Crippen molar-refractivity contribution in [2.24, 2.45) is 5.92 Å². The third-order valence-electron chi connectivity index (χ3n) is 5.10. The fourth-order valence-electron chi connectivity index (χ4n) is 3.97. The largest absolute Gasteiger partial charge is 0.393 e. The van der Waals surface area contributed by atoms with E-state index in [0.717, 1.165) is 12.8 Å². The van der Waals surface area contributed by atoms with Crippen LogP contribution in [0.2, 0.25) is 0 Å². The highest BCUT2D eigenvalue weighted by molar-refractivity contribution is 4.92. The number of hydrogen-bond acceptors (Lipinski definition) is 3. The van der Waals surface area contributed by atoms with Crippen LogP contribution >= 0.6 is 0 Å². The van der Waals surface area contributed by atoms with Crippen molar-refractivity contribution < 1.29 is 14.6 Å². The van der Waals surface area contributed by atoms with Crippen molar-refractivity contribution in [1.82, 2.24) is 0 Å². The molecule has 1 aliphatic carbocycles. The molecule has 0 radical (unpaired) electrons. The van der Waals surface area contributed by atoms with Gasteiger partial charge in [-0.25, -0.2) is 0 Å². The van der Waals surface area contributed by atoms with Gasteiger partial charge in [-0.3, -0.25) is 0 Å². The van der Waals surface area contributed by atoms with E-state index in [0.29, 0.717) is 25.2 Å². The van der Waals surface area contributed by atoms with E-state index >= 15 is 0 Å². The van der Waals surface area contributed by atoms with E-state index in [9.17, 15) is 5.11 Å². The number of aliphatic hydroxyl groups is 1. The van der Waals surface area contributed by atoms with Gasteiger partial charge in [0, 0.05) is 12.5 Å². The second kappa shape index (κ2) is 5.48. The average molecular weight is 254 g/mol. The molecule has 2 heterocycles. The first-order valence-corrected chi connectivity index (χ1v) is 7.71. The number of ether oxygens (including phenoxy) is 2. The zero-order valence-corrected chi connectivity index (χ0v) is 11.3. The summed E-state index contributed by atoms with van der Waals surface area (Å²) in [5.41, 5.74) is 0.212. The first kappa shape index (κ1) is 12.9. The summed E-state index contributed by atoms with van der Waals surface area (Å²) in [4.78, 5) is 0. The Bertz CT molecular complexity index is 273. The van der Waals surface area contributed by atoms with Gasteiger partial charge in [-0.15, -0.1) is 0 Å². The molecule has 0 aromatic heterocycles. The van der Waals surface area contributed by atoms with Gasteiger partial charge < -0.3 is 14.6 Å². The summed E-state index contributed by atoms with van der Waals surface area (Å²) in [7, 11) is 0. The first-order chi connectivity index (χ1) is 8.77. The normalized spacial score (nSPS) is 40.2. The van der Waals surface area contributed by atoms with Gasteiger partial charge in [0.25, 0.3) is 0 Å². The quantitative estimate of drug-likeness (QED) is 0.823. The second-order valence-electron chi connectivity index (χ2n) is 6.45. The van der Waals surface area contributed by atoms with Crippen LogP contribution in [0.25, 0.3) is 0 Å². The Balaban J connectivity index is 1.52. The van der Waals surface area contributed by atoms with Gasteiger partial charge in [0.15, 0.2) is 0 Å². The van der Waals surface area contributed by atoms with Crippen LogP contribution in [-0.4, -0.2) is 36.1 Å². The van der Waals surface area contributed by atoms with Gasteiger partial charge in [-0.2, -0.15) is 0 Å². The maximum absolute atomic E-state index is 10.00. The van der Waals surface area contributed by atoms with Crippen LogP contribution in [0.3, 0.4) is 0 Å². The predicted molar refractivity (Wildman–Crippen MR) is 69.5 cm³/mol. The number of hydrogen-bond donors (Lipinski definition) is 1. The molecule has 2 saturated heterocycles. The van der Waals surface area contributed by atoms with Gasteiger partial charge in [-0.05, 0) is 38.5 Å². The van der Waals surface area contributed by atoms with Gasteiger partial charge in [0.05, 0.1) is 24.4 Å². The van der Waals surface area contributed by atoms with E-state index in [1.807, 2.05) is 0 Å². The van der Waals surface area contributed by atoms with Crippen LogP contribution in [-0.2, 0) is 9.47 Å². The molecule has 3 heteroatoms. The summed E-state index contributed by atoms with van der Waals surface area (Å²) in [5.74, 6) is 0.294. The Hall–Kier alpha value is -0.120. The summed E-state index contributed by atoms with van der Waals surface area (Å²) in [6.45, 7) is 1.43. The molecule has 0 bridgehead atoms. The first-order valence-electron chi connectivity index (χ1n) is 7.71. The van der Waals surface area contributed by atoms with Crippen LogP contribution in [0.15, 0.2) is 0 Å². The molecule has 0 aromatic rings. The monoisotopic (exact) mass is 254 g/mol. The summed E-state index contributed by atoms with van der Waals surface area (Å²) in [6, 6.07) is 0. The molecule has 104 valence electrons. The van der Waals surface area contributed by atoms with Crippen LogP contribution in [0.4, 0.5) is 0 Å². The molecule has 1 N–H and O–H groups in total. The summed E-state index contributed by atoms with van der Waals surface area (Å²) >= 11 is 0. The van der Waals surface area contributed by atoms with E-state index in [1.54, 1.807) is 0 Å². The minimum atomic E-state index is -0.176. The van der Waals surface area contributed by atoms with Gasteiger partial charge in [0.1, 0.15) is 0 Å². The molecular weight excluding hydrogens is 228 g/mol. The molecule has 3 atom stereocenters. The van der Waals surface area contributed by atoms with Crippen molar-refractivity contribution in [3.05, 3.63) is 0 Å². The van der Waals surface area contributed by atoms with E-state index in [4.69, 9.17) is 9.47 Å². The van der Waals surface area contributed by atoms with E-state index < -0.39 is 0 Å². The van der Waals surface area contributed by atoms with Crippen LogP contribution < -0.4 is 0 Å². The zero-order valence-electron chi connectivity index (χ0n) is 11.3. The molecule has 1 spiro atoms. The lowest BCUT2D eigenvalue weighted by Gasteiger charge is -2.34. The lowest BCUT2D eigenvalue weighted by atomic mass is 9.83. The van der Waals surface area contributed by atoms with Crippen molar-refractivity contribution in [1.29, 1.82) is 0 Å². The molecule has 1 saturated carbocycles. The Morgan fingerprint density at radius 2 is 1.89 bits per heavy atom. The third-order valence-corrected chi connectivity index (χ3v) is 5.10. The lowest BCUT2D eigenvalue weighted by Crippen LogP contribution is -2.36. The van der Waals surface area contributed by atoms with Crippen molar-refractivity contribution in [2.45, 2.75) is 75.6 Å². The van der Waals surface area contributed by atoms with E-state index in [-0.39, 0.29) is 11.7 Å². The highest BCUT2D eigenvalue weighted by Crippen LogP contribution is 2.43. The highest BCUT2D eigenvalue weighted by Gasteiger charge is 2.42. The van der Waals surface area contributed by atoms with Gasteiger partial charge in [-0.1, -0.05) is 19.3 Å². The van der Waals surface area contributed by atoms with Crippen LogP contribution in [0, 0.1) is 5.92 Å². The predicted octanol–water partition coefficient (Wildman–Crippen LogP) is 2.66. The minimum Gasteiger partial charge on any atom is -0.393 e. The summed E-state index contributed by atoms with van der Waals surface area (Å²) < 4.78 is 11.9. The standard InChI is InChI=1S/C15H26O3/c16-14-5-9-17-11-12(14)10-13-4-8-15(18-13)6-2-1-3-7-15/h12-14,16H,1-11H2. The van der Waals surface area contributed by atoms with Crippen molar-refractivity contribution >= 4 is 0 Å². The zero-order chi connectivity index (χ0) is 12.4. The van der Waals surface area contributed by atoms with Gasteiger partial charge >= 0.3 is 0 Å². The SMILES string of the molecule is OC1CCOCC1CC1CCC2(CCCCC2)O1. The molecule has 3 unspecified atom stereocenters. The molecular formula is C15H26O3. The number of rotatable bonds is 2.